The number of methoxy groups -OCH3 is 2. The molecule has 2 unspecified atom stereocenters. The fraction of sp³-hybridized carbons (Fsp3) is 0.429. The largest absolute Gasteiger partial charge is 0.500 e. The molecule has 0 bridgehead atoms. The van der Waals surface area contributed by atoms with E-state index in [4.69, 9.17) is 9.47 Å². The van der Waals surface area contributed by atoms with E-state index in [0.717, 1.165) is 25.2 Å². The number of ether oxygens (including phenoxy) is 2. The number of anilines is 1. The predicted octanol–water partition coefficient (Wildman–Crippen LogP) is 2.30. The summed E-state index contributed by atoms with van der Waals surface area (Å²) in [5, 5.41) is 3.04. The Kier molecular flexibility index (Phi) is 5.48. The van der Waals surface area contributed by atoms with Crippen molar-refractivity contribution in [2.45, 2.75) is 25.5 Å². The summed E-state index contributed by atoms with van der Waals surface area (Å²) >= 11 is 0. The first kappa shape index (κ1) is 19.3. The summed E-state index contributed by atoms with van der Waals surface area (Å²) in [5.74, 6) is -0.577. The molecule has 2 atom stereocenters. The van der Waals surface area contributed by atoms with Crippen molar-refractivity contribution < 1.29 is 19.1 Å². The molecule has 1 aromatic rings. The quantitative estimate of drug-likeness (QED) is 0.806. The van der Waals surface area contributed by atoms with E-state index in [1.165, 1.54) is 32.3 Å². The number of rotatable bonds is 5. The topological polar surface area (TPSA) is 67.9 Å². The van der Waals surface area contributed by atoms with Crippen LogP contribution in [-0.4, -0.2) is 50.0 Å². The number of likely N-dealkylation sites (N-methyl/N-ethyl adjacent to an activating group) is 1. The van der Waals surface area contributed by atoms with Crippen LogP contribution in [0.1, 0.15) is 18.1 Å². The highest BCUT2D eigenvalue weighted by atomic mass is 16.5. The second-order valence-corrected chi connectivity index (χ2v) is 7.06. The Morgan fingerprint density at radius 3 is 2.74 bits per heavy atom. The molecule has 1 aliphatic carbocycles. The lowest BCUT2D eigenvalue weighted by Crippen LogP contribution is -2.39. The first-order chi connectivity index (χ1) is 12.9. The molecule has 1 aromatic carbocycles. The van der Waals surface area contributed by atoms with Crippen molar-refractivity contribution >= 4 is 17.4 Å². The van der Waals surface area contributed by atoms with Gasteiger partial charge in [0.15, 0.2) is 11.4 Å². The average molecular weight is 370 g/mol. The number of amides is 1. The van der Waals surface area contributed by atoms with Crippen molar-refractivity contribution in [2.24, 2.45) is 5.92 Å². The number of nitrogens with one attached hydrogen (secondary N) is 1. The Labute approximate surface area is 159 Å². The van der Waals surface area contributed by atoms with Crippen molar-refractivity contribution in [1.29, 1.82) is 0 Å². The van der Waals surface area contributed by atoms with Crippen LogP contribution in [-0.2, 0) is 32.0 Å². The number of fused-ring (bicyclic) bond motifs is 1. The van der Waals surface area contributed by atoms with E-state index in [2.05, 4.69) is 23.3 Å². The number of hydrogen-bond acceptors (Lipinski definition) is 5. The molecular weight excluding hydrogens is 344 g/mol. The van der Waals surface area contributed by atoms with Gasteiger partial charge in [-0.2, -0.15) is 0 Å². The SMILES string of the molecule is COC1=CC(OC)(C(C)=O)C=CC1C(=O)Nc1cccc2c1CCN(C)C2. The van der Waals surface area contributed by atoms with Gasteiger partial charge in [-0.25, -0.2) is 0 Å². The average Bonchev–Trinajstić information content (AvgIpc) is 2.67. The van der Waals surface area contributed by atoms with Gasteiger partial charge in [-0.15, -0.1) is 0 Å². The van der Waals surface area contributed by atoms with E-state index in [0.29, 0.717) is 5.76 Å². The second kappa shape index (κ2) is 7.66. The number of Topliss-reactive ketones (excluding diaryl/α,β-unsaturated/α-hetero) is 1. The van der Waals surface area contributed by atoms with E-state index in [1.807, 2.05) is 12.1 Å². The normalized spacial score (nSPS) is 24.7. The smallest absolute Gasteiger partial charge is 0.238 e. The van der Waals surface area contributed by atoms with Crippen LogP contribution in [0.15, 0.2) is 42.2 Å². The number of carbonyl (C=O) groups excluding carboxylic acids is 2. The van der Waals surface area contributed by atoms with Crippen molar-refractivity contribution in [2.75, 3.05) is 33.1 Å². The van der Waals surface area contributed by atoms with Crippen LogP contribution in [0.4, 0.5) is 5.69 Å². The van der Waals surface area contributed by atoms with Crippen LogP contribution < -0.4 is 5.32 Å². The number of hydrogen-bond donors (Lipinski definition) is 1. The van der Waals surface area contributed by atoms with Crippen molar-refractivity contribution in [3.8, 4) is 0 Å². The first-order valence-electron chi connectivity index (χ1n) is 9.02. The number of carbonyl (C=O) groups is 2. The highest BCUT2D eigenvalue weighted by Gasteiger charge is 2.38. The van der Waals surface area contributed by atoms with Crippen LogP contribution in [0.3, 0.4) is 0 Å². The van der Waals surface area contributed by atoms with Gasteiger partial charge in [0.05, 0.1) is 7.11 Å². The molecular formula is C21H26N2O4. The fourth-order valence-electron chi connectivity index (χ4n) is 3.65. The monoisotopic (exact) mass is 370 g/mol. The molecule has 6 heteroatoms. The lowest BCUT2D eigenvalue weighted by atomic mass is 9.87. The summed E-state index contributed by atoms with van der Waals surface area (Å²) in [6.07, 6.45) is 5.77. The van der Waals surface area contributed by atoms with Crippen LogP contribution in [0.2, 0.25) is 0 Å². The Morgan fingerprint density at radius 2 is 2.07 bits per heavy atom. The zero-order valence-electron chi connectivity index (χ0n) is 16.2. The van der Waals surface area contributed by atoms with Crippen LogP contribution in [0.25, 0.3) is 0 Å². The number of benzene rings is 1. The van der Waals surface area contributed by atoms with Gasteiger partial charge in [-0.1, -0.05) is 18.2 Å². The molecule has 0 saturated carbocycles. The minimum atomic E-state index is -1.18. The predicted molar refractivity (Wildman–Crippen MR) is 103 cm³/mol. The lowest BCUT2D eigenvalue weighted by Gasteiger charge is -2.30. The van der Waals surface area contributed by atoms with Gasteiger partial charge in [-0.05, 0) is 49.7 Å². The van der Waals surface area contributed by atoms with Gasteiger partial charge in [0.1, 0.15) is 11.7 Å². The van der Waals surface area contributed by atoms with E-state index in [1.54, 1.807) is 18.2 Å². The van der Waals surface area contributed by atoms with Gasteiger partial charge >= 0.3 is 0 Å². The third-order valence-electron chi connectivity index (χ3n) is 5.32. The van der Waals surface area contributed by atoms with Crippen LogP contribution in [0, 0.1) is 5.92 Å². The molecule has 144 valence electrons. The summed E-state index contributed by atoms with van der Waals surface area (Å²) in [7, 11) is 5.04. The second-order valence-electron chi connectivity index (χ2n) is 7.06. The molecule has 0 spiro atoms. The highest BCUT2D eigenvalue weighted by Crippen LogP contribution is 2.31. The van der Waals surface area contributed by atoms with Gasteiger partial charge in [0, 0.05) is 25.9 Å². The van der Waals surface area contributed by atoms with Crippen LogP contribution in [0.5, 0.6) is 0 Å². The standard InChI is InChI=1S/C21H26N2O4/c1-14(24)21(27-4)10-8-17(19(12-21)26-3)20(25)22-18-7-5-6-15-13-23(2)11-9-16(15)18/h5-8,10,12,17H,9,11,13H2,1-4H3,(H,22,25). The molecule has 1 amide bonds. The Bertz CT molecular complexity index is 814. The van der Waals surface area contributed by atoms with Gasteiger partial charge < -0.3 is 19.7 Å². The summed E-state index contributed by atoms with van der Waals surface area (Å²) in [6, 6.07) is 5.99. The minimum Gasteiger partial charge on any atom is -0.500 e. The van der Waals surface area contributed by atoms with Gasteiger partial charge in [0.25, 0.3) is 0 Å². The van der Waals surface area contributed by atoms with Crippen molar-refractivity contribution in [1.82, 2.24) is 4.90 Å². The molecule has 1 heterocycles. The maximum atomic E-state index is 12.9. The zero-order valence-corrected chi connectivity index (χ0v) is 16.2. The molecule has 27 heavy (non-hydrogen) atoms. The maximum Gasteiger partial charge on any atom is 0.238 e. The molecule has 0 saturated heterocycles. The fourth-order valence-corrected chi connectivity index (χ4v) is 3.65. The Balaban J connectivity index is 1.84. The van der Waals surface area contributed by atoms with Gasteiger partial charge in [0.2, 0.25) is 5.91 Å². The molecule has 1 aliphatic heterocycles. The highest BCUT2D eigenvalue weighted by molar-refractivity contribution is 5.98. The van der Waals surface area contributed by atoms with E-state index in [-0.39, 0.29) is 11.7 Å². The first-order valence-corrected chi connectivity index (χ1v) is 9.02. The molecule has 0 fully saturated rings. The lowest BCUT2D eigenvalue weighted by molar-refractivity contribution is -0.130. The van der Waals surface area contributed by atoms with E-state index in [9.17, 15) is 9.59 Å². The molecule has 0 radical (unpaired) electrons. The summed E-state index contributed by atoms with van der Waals surface area (Å²) in [5.41, 5.74) is 2.07. The molecule has 3 rings (SSSR count). The van der Waals surface area contributed by atoms with Gasteiger partial charge in [-0.3, -0.25) is 9.59 Å². The molecule has 6 nitrogen and oxygen atoms in total. The Morgan fingerprint density at radius 1 is 1.30 bits per heavy atom. The maximum absolute atomic E-state index is 12.9. The summed E-state index contributed by atoms with van der Waals surface area (Å²) < 4.78 is 10.8. The van der Waals surface area contributed by atoms with Crippen molar-refractivity contribution in [3.63, 3.8) is 0 Å². The third-order valence-corrected chi connectivity index (χ3v) is 5.32. The Hall–Kier alpha value is -2.44. The summed E-state index contributed by atoms with van der Waals surface area (Å²) in [6.45, 7) is 3.28. The minimum absolute atomic E-state index is 0.170. The number of nitrogens with zero attached hydrogens (tertiary/aromatic N) is 1. The van der Waals surface area contributed by atoms with E-state index >= 15 is 0 Å². The number of ketones is 1. The van der Waals surface area contributed by atoms with E-state index < -0.39 is 11.5 Å². The zero-order chi connectivity index (χ0) is 19.6. The molecule has 1 N–H and O–H groups in total. The third kappa shape index (κ3) is 3.68. The summed E-state index contributed by atoms with van der Waals surface area (Å²) in [4.78, 5) is 27.2. The van der Waals surface area contributed by atoms with Crippen molar-refractivity contribution in [3.05, 3.63) is 53.3 Å². The van der Waals surface area contributed by atoms with Crippen LogP contribution >= 0.6 is 0 Å². The molecule has 0 aromatic heterocycles. The molecule has 2 aliphatic rings.